The fourth-order valence-electron chi connectivity index (χ4n) is 1.42. The van der Waals surface area contributed by atoms with E-state index in [0.717, 1.165) is 0 Å². The van der Waals surface area contributed by atoms with Crippen LogP contribution < -0.4 is 10.1 Å². The SMILES string of the molecule is C=CCNCC(=O)Cc1ccc(OC)c(F)c1. The maximum atomic E-state index is 13.3. The molecule has 0 radical (unpaired) electrons. The molecule has 1 N–H and O–H groups in total. The summed E-state index contributed by atoms with van der Waals surface area (Å²) in [6.45, 7) is 4.38. The number of methoxy groups -OCH3 is 1. The number of benzene rings is 1. The first-order valence-corrected chi connectivity index (χ1v) is 5.33. The van der Waals surface area contributed by atoms with Crippen LogP contribution in [0, 0.1) is 5.82 Å². The van der Waals surface area contributed by atoms with Gasteiger partial charge in [-0.15, -0.1) is 6.58 Å². The second kappa shape index (κ2) is 6.81. The number of ketones is 1. The van der Waals surface area contributed by atoms with Crippen LogP contribution >= 0.6 is 0 Å². The van der Waals surface area contributed by atoms with Gasteiger partial charge < -0.3 is 10.1 Å². The average Bonchev–Trinajstić information content (AvgIpc) is 2.29. The Labute approximate surface area is 100 Å². The lowest BCUT2D eigenvalue weighted by atomic mass is 10.1. The molecule has 0 aliphatic carbocycles. The Balaban J connectivity index is 2.53. The molecule has 92 valence electrons. The zero-order valence-corrected chi connectivity index (χ0v) is 9.83. The zero-order chi connectivity index (χ0) is 12.7. The second-order valence-corrected chi connectivity index (χ2v) is 3.60. The summed E-state index contributed by atoms with van der Waals surface area (Å²) in [6.07, 6.45) is 1.89. The van der Waals surface area contributed by atoms with Gasteiger partial charge >= 0.3 is 0 Å². The molecule has 0 aliphatic rings. The lowest BCUT2D eigenvalue weighted by Gasteiger charge is -2.05. The third-order valence-electron chi connectivity index (χ3n) is 2.23. The number of halogens is 1. The summed E-state index contributed by atoms with van der Waals surface area (Å²) in [5.74, 6) is -0.251. The lowest BCUT2D eigenvalue weighted by molar-refractivity contribution is -0.117. The van der Waals surface area contributed by atoms with Crippen molar-refractivity contribution in [1.82, 2.24) is 5.32 Å². The molecule has 17 heavy (non-hydrogen) atoms. The van der Waals surface area contributed by atoms with Crippen LogP contribution in [0.1, 0.15) is 5.56 Å². The Hall–Kier alpha value is -1.68. The van der Waals surface area contributed by atoms with Crippen molar-refractivity contribution in [2.75, 3.05) is 20.2 Å². The minimum atomic E-state index is -0.447. The van der Waals surface area contributed by atoms with Crippen molar-refractivity contribution in [2.45, 2.75) is 6.42 Å². The Bertz CT molecular complexity index is 404. The van der Waals surface area contributed by atoms with Gasteiger partial charge in [0.15, 0.2) is 17.3 Å². The highest BCUT2D eigenvalue weighted by Gasteiger charge is 2.07. The van der Waals surface area contributed by atoms with Crippen molar-refractivity contribution in [2.24, 2.45) is 0 Å². The van der Waals surface area contributed by atoms with Gasteiger partial charge in [-0.2, -0.15) is 0 Å². The first-order valence-electron chi connectivity index (χ1n) is 5.33. The number of nitrogens with one attached hydrogen (secondary N) is 1. The van der Waals surface area contributed by atoms with Gasteiger partial charge in [0.05, 0.1) is 13.7 Å². The van der Waals surface area contributed by atoms with Gasteiger partial charge in [0.2, 0.25) is 0 Å². The van der Waals surface area contributed by atoms with E-state index in [9.17, 15) is 9.18 Å². The van der Waals surface area contributed by atoms with E-state index >= 15 is 0 Å². The van der Waals surface area contributed by atoms with Gasteiger partial charge in [-0.05, 0) is 17.7 Å². The van der Waals surface area contributed by atoms with Gasteiger partial charge in [0.1, 0.15) is 0 Å². The molecule has 1 aromatic rings. The number of carbonyl (C=O) groups excluding carboxylic acids is 1. The second-order valence-electron chi connectivity index (χ2n) is 3.60. The molecule has 3 nitrogen and oxygen atoms in total. The molecule has 0 aromatic heterocycles. The number of carbonyl (C=O) groups is 1. The molecule has 0 fully saturated rings. The molecular formula is C13H16FNO2. The van der Waals surface area contributed by atoms with Crippen LogP contribution in [-0.2, 0) is 11.2 Å². The van der Waals surface area contributed by atoms with Crippen molar-refractivity contribution < 1.29 is 13.9 Å². The van der Waals surface area contributed by atoms with E-state index in [1.165, 1.54) is 19.2 Å². The highest BCUT2D eigenvalue weighted by atomic mass is 19.1. The van der Waals surface area contributed by atoms with Gasteiger partial charge in [-0.3, -0.25) is 4.79 Å². The van der Waals surface area contributed by atoms with E-state index < -0.39 is 5.82 Å². The molecule has 0 aliphatic heterocycles. The Kier molecular flexibility index (Phi) is 5.36. The zero-order valence-electron chi connectivity index (χ0n) is 9.83. The number of ether oxygens (including phenoxy) is 1. The highest BCUT2D eigenvalue weighted by Crippen LogP contribution is 2.17. The van der Waals surface area contributed by atoms with Crippen LogP contribution in [0.25, 0.3) is 0 Å². The maximum Gasteiger partial charge on any atom is 0.165 e. The molecule has 0 heterocycles. The molecular weight excluding hydrogens is 221 g/mol. The highest BCUT2D eigenvalue weighted by molar-refractivity contribution is 5.82. The summed E-state index contributed by atoms with van der Waals surface area (Å²) >= 11 is 0. The van der Waals surface area contributed by atoms with Crippen molar-refractivity contribution in [3.63, 3.8) is 0 Å². The monoisotopic (exact) mass is 237 g/mol. The van der Waals surface area contributed by atoms with Gasteiger partial charge in [0.25, 0.3) is 0 Å². The summed E-state index contributed by atoms with van der Waals surface area (Å²) in [7, 11) is 1.41. The van der Waals surface area contributed by atoms with Crippen molar-refractivity contribution in [3.05, 3.63) is 42.2 Å². The van der Waals surface area contributed by atoms with Crippen molar-refractivity contribution >= 4 is 5.78 Å². The summed E-state index contributed by atoms with van der Waals surface area (Å²) < 4.78 is 18.1. The number of hydrogen-bond acceptors (Lipinski definition) is 3. The number of rotatable bonds is 7. The summed E-state index contributed by atoms with van der Waals surface area (Å²) in [5.41, 5.74) is 0.647. The summed E-state index contributed by atoms with van der Waals surface area (Å²) in [4.78, 5) is 11.5. The quantitative estimate of drug-likeness (QED) is 0.579. The maximum absolute atomic E-state index is 13.3. The average molecular weight is 237 g/mol. The van der Waals surface area contributed by atoms with E-state index in [2.05, 4.69) is 11.9 Å². The molecule has 0 spiro atoms. The van der Waals surface area contributed by atoms with Crippen molar-refractivity contribution in [3.8, 4) is 5.75 Å². The van der Waals surface area contributed by atoms with Gasteiger partial charge in [-0.25, -0.2) is 4.39 Å². The minimum Gasteiger partial charge on any atom is -0.494 e. The number of Topliss-reactive ketones (excluding diaryl/α,β-unsaturated/α-hetero) is 1. The summed E-state index contributed by atoms with van der Waals surface area (Å²) in [6, 6.07) is 4.53. The topological polar surface area (TPSA) is 38.3 Å². The predicted molar refractivity (Wildman–Crippen MR) is 64.7 cm³/mol. The Morgan fingerprint density at radius 3 is 2.94 bits per heavy atom. The summed E-state index contributed by atoms with van der Waals surface area (Å²) in [5, 5.41) is 2.91. The smallest absolute Gasteiger partial charge is 0.165 e. The van der Waals surface area contributed by atoms with Crippen LogP contribution in [0.2, 0.25) is 0 Å². The van der Waals surface area contributed by atoms with Crippen LogP contribution in [0.5, 0.6) is 5.75 Å². The minimum absolute atomic E-state index is 0.0106. The van der Waals surface area contributed by atoms with Crippen LogP contribution in [0.4, 0.5) is 4.39 Å². The van der Waals surface area contributed by atoms with E-state index in [1.54, 1.807) is 12.1 Å². The Morgan fingerprint density at radius 2 is 2.35 bits per heavy atom. The third-order valence-corrected chi connectivity index (χ3v) is 2.23. The van der Waals surface area contributed by atoms with E-state index in [4.69, 9.17) is 4.74 Å². The predicted octanol–water partition coefficient (Wildman–Crippen LogP) is 1.72. The standard InChI is InChI=1S/C13H16FNO2/c1-3-6-15-9-11(16)7-10-4-5-13(17-2)12(14)8-10/h3-5,8,15H,1,6-7,9H2,2H3. The fourth-order valence-corrected chi connectivity index (χ4v) is 1.42. The van der Waals surface area contributed by atoms with Crippen LogP contribution in [-0.4, -0.2) is 26.0 Å². The molecule has 0 bridgehead atoms. The van der Waals surface area contributed by atoms with Gasteiger partial charge in [-0.1, -0.05) is 12.1 Å². The molecule has 0 saturated carbocycles. The molecule has 0 unspecified atom stereocenters. The first kappa shape index (κ1) is 13.4. The largest absolute Gasteiger partial charge is 0.494 e. The van der Waals surface area contributed by atoms with Crippen LogP contribution in [0.3, 0.4) is 0 Å². The van der Waals surface area contributed by atoms with E-state index in [1.807, 2.05) is 0 Å². The van der Waals surface area contributed by atoms with E-state index in [0.29, 0.717) is 12.1 Å². The molecule has 1 rings (SSSR count). The van der Waals surface area contributed by atoms with Crippen LogP contribution in [0.15, 0.2) is 30.9 Å². The molecule has 1 aromatic carbocycles. The number of hydrogen-bond donors (Lipinski definition) is 1. The normalized spacial score (nSPS) is 10.0. The van der Waals surface area contributed by atoms with Gasteiger partial charge in [0, 0.05) is 13.0 Å². The van der Waals surface area contributed by atoms with E-state index in [-0.39, 0.29) is 24.5 Å². The third kappa shape index (κ3) is 4.36. The van der Waals surface area contributed by atoms with Crippen molar-refractivity contribution in [1.29, 1.82) is 0 Å². The molecule has 4 heteroatoms. The molecule has 0 saturated heterocycles. The molecule has 0 amide bonds. The fraction of sp³-hybridized carbons (Fsp3) is 0.308. The first-order chi connectivity index (χ1) is 8.17. The molecule has 0 atom stereocenters. The lowest BCUT2D eigenvalue weighted by Crippen LogP contribution is -2.24. The Morgan fingerprint density at radius 1 is 1.59 bits per heavy atom.